The van der Waals surface area contributed by atoms with Crippen molar-refractivity contribution in [3.63, 3.8) is 0 Å². The van der Waals surface area contributed by atoms with Crippen molar-refractivity contribution in [2.45, 2.75) is 26.0 Å². The molecule has 0 aliphatic carbocycles. The van der Waals surface area contributed by atoms with E-state index in [1.54, 1.807) is 12.1 Å². The van der Waals surface area contributed by atoms with Gasteiger partial charge in [-0.2, -0.15) is 0 Å². The van der Waals surface area contributed by atoms with Gasteiger partial charge in [-0.3, -0.25) is 4.79 Å². The van der Waals surface area contributed by atoms with Crippen molar-refractivity contribution in [2.75, 3.05) is 20.8 Å². The van der Waals surface area contributed by atoms with Crippen LogP contribution >= 0.6 is 0 Å². The van der Waals surface area contributed by atoms with Gasteiger partial charge in [-0.15, -0.1) is 0 Å². The summed E-state index contributed by atoms with van der Waals surface area (Å²) in [7, 11) is 2.97. The van der Waals surface area contributed by atoms with E-state index in [0.29, 0.717) is 42.4 Å². The van der Waals surface area contributed by atoms with Gasteiger partial charge < -0.3 is 24.2 Å². The van der Waals surface area contributed by atoms with Crippen molar-refractivity contribution >= 4 is 11.9 Å². The predicted molar refractivity (Wildman–Crippen MR) is 107 cm³/mol. The van der Waals surface area contributed by atoms with Crippen LogP contribution in [0.5, 0.6) is 17.2 Å². The Kier molecular flexibility index (Phi) is 6.26. The minimum absolute atomic E-state index is 0.123. The van der Waals surface area contributed by atoms with E-state index in [9.17, 15) is 14.7 Å². The van der Waals surface area contributed by atoms with Crippen molar-refractivity contribution < 1.29 is 28.9 Å². The normalized spacial score (nSPS) is 18.4. The fourth-order valence-electron chi connectivity index (χ4n) is 3.55. The molecular formula is C22H25NO6. The molecule has 0 spiro atoms. The minimum Gasteiger partial charge on any atom is -0.493 e. The molecule has 2 atom stereocenters. The van der Waals surface area contributed by atoms with E-state index < -0.39 is 12.0 Å². The summed E-state index contributed by atoms with van der Waals surface area (Å²) in [6.07, 6.45) is 0.438. The largest absolute Gasteiger partial charge is 0.493 e. The third kappa shape index (κ3) is 4.45. The molecule has 1 heterocycles. The number of aliphatic carboxylic acids is 1. The van der Waals surface area contributed by atoms with Crippen molar-refractivity contribution in [2.24, 2.45) is 5.92 Å². The van der Waals surface area contributed by atoms with E-state index in [1.165, 1.54) is 19.1 Å². The highest BCUT2D eigenvalue weighted by molar-refractivity contribution is 5.98. The van der Waals surface area contributed by atoms with Crippen LogP contribution in [0.15, 0.2) is 42.5 Å². The van der Waals surface area contributed by atoms with Crippen LogP contribution in [-0.4, -0.2) is 48.7 Å². The summed E-state index contributed by atoms with van der Waals surface area (Å²) in [5.74, 6) is -0.153. The number of ether oxygens (including phenoxy) is 3. The zero-order chi connectivity index (χ0) is 21.0. The molecule has 0 aromatic heterocycles. The molecule has 1 N–H and O–H groups in total. The summed E-state index contributed by atoms with van der Waals surface area (Å²) in [6, 6.07) is 11.9. The van der Waals surface area contributed by atoms with Crippen LogP contribution in [0.2, 0.25) is 0 Å². The standard InChI is InChI=1S/C22H25NO6/c1-14-9-17(22(25)26)23(12-14)21(24)16-10-18(27-2)20(19(11-16)28-3)29-13-15-7-5-4-6-8-15/h4-8,10-11,14,17H,9,12-13H2,1-3H3,(H,25,26)/t14-,17?/m0/s1. The van der Waals surface area contributed by atoms with E-state index in [0.717, 1.165) is 5.56 Å². The second-order valence-electron chi connectivity index (χ2n) is 7.14. The molecule has 0 bridgehead atoms. The number of likely N-dealkylation sites (tertiary alicyclic amines) is 1. The summed E-state index contributed by atoms with van der Waals surface area (Å²) in [5, 5.41) is 9.46. The van der Waals surface area contributed by atoms with Gasteiger partial charge in [0.05, 0.1) is 14.2 Å². The first kappa shape index (κ1) is 20.5. The average Bonchev–Trinajstić information content (AvgIpc) is 3.13. The van der Waals surface area contributed by atoms with Gasteiger partial charge in [0.2, 0.25) is 5.75 Å². The van der Waals surface area contributed by atoms with Gasteiger partial charge in [0.15, 0.2) is 11.5 Å². The molecule has 1 aliphatic rings. The Hall–Kier alpha value is -3.22. The van der Waals surface area contributed by atoms with Crippen molar-refractivity contribution in [3.05, 3.63) is 53.6 Å². The number of carboxylic acid groups (broad SMARTS) is 1. The fraction of sp³-hybridized carbons (Fsp3) is 0.364. The number of carboxylic acids is 1. The molecule has 0 saturated carbocycles. The van der Waals surface area contributed by atoms with E-state index >= 15 is 0 Å². The zero-order valence-corrected chi connectivity index (χ0v) is 16.8. The lowest BCUT2D eigenvalue weighted by Gasteiger charge is -2.23. The number of hydrogen-bond acceptors (Lipinski definition) is 5. The monoisotopic (exact) mass is 399 g/mol. The van der Waals surface area contributed by atoms with Crippen LogP contribution in [-0.2, 0) is 11.4 Å². The lowest BCUT2D eigenvalue weighted by atomic mass is 10.1. The van der Waals surface area contributed by atoms with Crippen LogP contribution in [0.3, 0.4) is 0 Å². The van der Waals surface area contributed by atoms with Crippen LogP contribution in [0, 0.1) is 5.92 Å². The molecule has 1 saturated heterocycles. The zero-order valence-electron chi connectivity index (χ0n) is 16.8. The van der Waals surface area contributed by atoms with E-state index in [-0.39, 0.29) is 11.8 Å². The maximum absolute atomic E-state index is 13.0. The first-order valence-corrected chi connectivity index (χ1v) is 9.41. The highest BCUT2D eigenvalue weighted by atomic mass is 16.5. The van der Waals surface area contributed by atoms with Gasteiger partial charge >= 0.3 is 5.97 Å². The Balaban J connectivity index is 1.89. The van der Waals surface area contributed by atoms with E-state index in [1.807, 2.05) is 37.3 Å². The van der Waals surface area contributed by atoms with Gasteiger partial charge in [0, 0.05) is 12.1 Å². The number of benzene rings is 2. The van der Waals surface area contributed by atoms with Crippen molar-refractivity contribution in [3.8, 4) is 17.2 Å². The third-order valence-corrected chi connectivity index (χ3v) is 4.99. The van der Waals surface area contributed by atoms with Crippen LogP contribution < -0.4 is 14.2 Å². The highest BCUT2D eigenvalue weighted by Gasteiger charge is 2.38. The van der Waals surface area contributed by atoms with Gasteiger partial charge in [-0.1, -0.05) is 37.3 Å². The molecule has 1 amide bonds. The second kappa shape index (κ2) is 8.86. The highest BCUT2D eigenvalue weighted by Crippen LogP contribution is 2.40. The molecule has 7 heteroatoms. The Morgan fingerprint density at radius 1 is 1.10 bits per heavy atom. The summed E-state index contributed by atoms with van der Waals surface area (Å²) in [5.41, 5.74) is 1.28. The Labute approximate surface area is 169 Å². The van der Waals surface area contributed by atoms with Crippen molar-refractivity contribution in [1.29, 1.82) is 0 Å². The number of carbonyl (C=O) groups excluding carboxylic acids is 1. The SMILES string of the molecule is COc1cc(C(=O)N2C[C@@H](C)CC2C(=O)O)cc(OC)c1OCc1ccccc1. The summed E-state index contributed by atoms with van der Waals surface area (Å²) < 4.78 is 16.8. The lowest BCUT2D eigenvalue weighted by molar-refractivity contribution is -0.141. The Morgan fingerprint density at radius 2 is 1.72 bits per heavy atom. The smallest absolute Gasteiger partial charge is 0.326 e. The van der Waals surface area contributed by atoms with Crippen LogP contribution in [0.25, 0.3) is 0 Å². The molecule has 29 heavy (non-hydrogen) atoms. The molecule has 1 fully saturated rings. The fourth-order valence-corrected chi connectivity index (χ4v) is 3.55. The number of rotatable bonds is 7. The van der Waals surface area contributed by atoms with E-state index in [2.05, 4.69) is 0 Å². The maximum Gasteiger partial charge on any atom is 0.326 e. The molecule has 1 unspecified atom stereocenters. The molecular weight excluding hydrogens is 374 g/mol. The Bertz CT molecular complexity index is 857. The first-order chi connectivity index (χ1) is 13.9. The van der Waals surface area contributed by atoms with Gasteiger partial charge in [0.25, 0.3) is 5.91 Å². The van der Waals surface area contributed by atoms with Gasteiger partial charge in [-0.25, -0.2) is 4.79 Å². The number of methoxy groups -OCH3 is 2. The van der Waals surface area contributed by atoms with Crippen LogP contribution in [0.4, 0.5) is 0 Å². The molecule has 154 valence electrons. The molecule has 0 radical (unpaired) electrons. The number of amides is 1. The Morgan fingerprint density at radius 3 is 2.28 bits per heavy atom. The molecule has 7 nitrogen and oxygen atoms in total. The minimum atomic E-state index is -0.996. The number of carbonyl (C=O) groups is 2. The quantitative estimate of drug-likeness (QED) is 0.770. The molecule has 1 aliphatic heterocycles. The summed E-state index contributed by atoms with van der Waals surface area (Å²) in [4.78, 5) is 26.0. The summed E-state index contributed by atoms with van der Waals surface area (Å²) >= 11 is 0. The average molecular weight is 399 g/mol. The molecule has 2 aromatic carbocycles. The first-order valence-electron chi connectivity index (χ1n) is 9.41. The second-order valence-corrected chi connectivity index (χ2v) is 7.14. The molecule has 3 rings (SSSR count). The number of nitrogens with zero attached hydrogens (tertiary/aromatic N) is 1. The predicted octanol–water partition coefficient (Wildman–Crippen LogP) is 3.22. The number of hydrogen-bond donors (Lipinski definition) is 1. The van der Waals surface area contributed by atoms with E-state index in [4.69, 9.17) is 14.2 Å². The van der Waals surface area contributed by atoms with Gasteiger partial charge in [-0.05, 0) is 30.0 Å². The van der Waals surface area contributed by atoms with Crippen LogP contribution in [0.1, 0.15) is 29.3 Å². The van der Waals surface area contributed by atoms with Crippen molar-refractivity contribution in [1.82, 2.24) is 4.90 Å². The maximum atomic E-state index is 13.0. The lowest BCUT2D eigenvalue weighted by Crippen LogP contribution is -2.40. The van der Waals surface area contributed by atoms with Gasteiger partial charge in [0.1, 0.15) is 12.6 Å². The molecule has 2 aromatic rings. The topological polar surface area (TPSA) is 85.3 Å². The third-order valence-electron chi connectivity index (χ3n) is 4.99. The summed E-state index contributed by atoms with van der Waals surface area (Å²) in [6.45, 7) is 2.64.